The average Bonchev–Trinajstić information content (AvgIpc) is 2.67. The van der Waals surface area contributed by atoms with Crippen LogP contribution < -0.4 is 5.32 Å². The standard InChI is InChI=1S/C13H25NO2S/c1-2-13(8-3-4-10-14-13)9-7-12-6-5-11-17(12,15)16/h12,14H,2-11H2,1H3. The molecule has 100 valence electrons. The Morgan fingerprint density at radius 1 is 1.29 bits per heavy atom. The number of hydrogen-bond donors (Lipinski definition) is 1. The van der Waals surface area contributed by atoms with E-state index in [4.69, 9.17) is 0 Å². The summed E-state index contributed by atoms with van der Waals surface area (Å²) in [5, 5.41) is 3.59. The molecule has 2 unspecified atom stereocenters. The Morgan fingerprint density at radius 3 is 2.65 bits per heavy atom. The van der Waals surface area contributed by atoms with Crippen LogP contribution in [0.3, 0.4) is 0 Å². The molecule has 4 heteroatoms. The lowest BCUT2D eigenvalue weighted by atomic mass is 9.82. The van der Waals surface area contributed by atoms with Gasteiger partial charge in [-0.2, -0.15) is 0 Å². The molecule has 0 aromatic carbocycles. The highest BCUT2D eigenvalue weighted by molar-refractivity contribution is 7.92. The summed E-state index contributed by atoms with van der Waals surface area (Å²) in [6.07, 6.45) is 8.57. The Morgan fingerprint density at radius 2 is 2.12 bits per heavy atom. The predicted octanol–water partition coefficient (Wildman–Crippen LogP) is 2.27. The number of piperidine rings is 1. The van der Waals surface area contributed by atoms with Crippen molar-refractivity contribution in [2.24, 2.45) is 0 Å². The van der Waals surface area contributed by atoms with Gasteiger partial charge < -0.3 is 5.32 Å². The van der Waals surface area contributed by atoms with E-state index in [9.17, 15) is 8.42 Å². The molecule has 0 radical (unpaired) electrons. The average molecular weight is 259 g/mol. The van der Waals surface area contributed by atoms with Gasteiger partial charge in [-0.3, -0.25) is 0 Å². The van der Waals surface area contributed by atoms with E-state index in [0.29, 0.717) is 5.75 Å². The maximum absolute atomic E-state index is 11.8. The highest BCUT2D eigenvalue weighted by Crippen LogP contribution is 2.32. The zero-order valence-electron chi connectivity index (χ0n) is 10.9. The Bertz CT molecular complexity index is 344. The van der Waals surface area contributed by atoms with Gasteiger partial charge in [-0.15, -0.1) is 0 Å². The van der Waals surface area contributed by atoms with E-state index in [2.05, 4.69) is 12.2 Å². The van der Waals surface area contributed by atoms with Crippen molar-refractivity contribution in [2.45, 2.75) is 69.1 Å². The van der Waals surface area contributed by atoms with Crippen molar-refractivity contribution in [1.82, 2.24) is 5.32 Å². The van der Waals surface area contributed by atoms with Gasteiger partial charge in [0.2, 0.25) is 0 Å². The molecule has 2 aliphatic rings. The van der Waals surface area contributed by atoms with Crippen molar-refractivity contribution in [3.05, 3.63) is 0 Å². The van der Waals surface area contributed by atoms with E-state index in [1.165, 1.54) is 19.3 Å². The van der Waals surface area contributed by atoms with Crippen molar-refractivity contribution < 1.29 is 8.42 Å². The second kappa shape index (κ2) is 5.27. The zero-order valence-corrected chi connectivity index (χ0v) is 11.7. The van der Waals surface area contributed by atoms with Crippen LogP contribution in [0.15, 0.2) is 0 Å². The lowest BCUT2D eigenvalue weighted by Gasteiger charge is -2.38. The minimum Gasteiger partial charge on any atom is -0.311 e. The van der Waals surface area contributed by atoms with Crippen molar-refractivity contribution in [1.29, 1.82) is 0 Å². The maximum Gasteiger partial charge on any atom is 0.153 e. The molecule has 2 saturated heterocycles. The molecule has 0 aliphatic carbocycles. The summed E-state index contributed by atoms with van der Waals surface area (Å²) in [6, 6.07) is 0. The van der Waals surface area contributed by atoms with E-state index in [0.717, 1.165) is 38.6 Å². The Labute approximate surface area is 105 Å². The van der Waals surface area contributed by atoms with E-state index in [-0.39, 0.29) is 10.8 Å². The molecule has 0 aromatic heterocycles. The molecular weight excluding hydrogens is 234 g/mol. The van der Waals surface area contributed by atoms with Crippen LogP contribution >= 0.6 is 0 Å². The highest BCUT2D eigenvalue weighted by atomic mass is 32.2. The van der Waals surface area contributed by atoms with Gasteiger partial charge in [0.25, 0.3) is 0 Å². The van der Waals surface area contributed by atoms with Gasteiger partial charge in [-0.25, -0.2) is 8.42 Å². The lowest BCUT2D eigenvalue weighted by Crippen LogP contribution is -2.48. The summed E-state index contributed by atoms with van der Waals surface area (Å²) < 4.78 is 23.6. The normalized spacial score (nSPS) is 37.1. The molecule has 2 rings (SSSR count). The first-order valence-corrected chi connectivity index (χ1v) is 8.76. The summed E-state index contributed by atoms with van der Waals surface area (Å²) in [5.74, 6) is 0.421. The van der Waals surface area contributed by atoms with Crippen molar-refractivity contribution in [3.8, 4) is 0 Å². The van der Waals surface area contributed by atoms with Crippen LogP contribution in [0, 0.1) is 0 Å². The molecule has 0 saturated carbocycles. The quantitative estimate of drug-likeness (QED) is 0.842. The molecule has 0 amide bonds. The fourth-order valence-corrected chi connectivity index (χ4v) is 5.25. The summed E-state index contributed by atoms with van der Waals surface area (Å²) in [5.41, 5.74) is 0.232. The summed E-state index contributed by atoms with van der Waals surface area (Å²) >= 11 is 0. The van der Waals surface area contributed by atoms with Crippen molar-refractivity contribution >= 4 is 9.84 Å². The first kappa shape index (κ1) is 13.3. The van der Waals surface area contributed by atoms with E-state index in [1.807, 2.05) is 0 Å². The Kier molecular flexibility index (Phi) is 4.14. The molecule has 2 atom stereocenters. The minimum atomic E-state index is -2.75. The van der Waals surface area contributed by atoms with Gasteiger partial charge in [0.15, 0.2) is 9.84 Å². The third kappa shape index (κ3) is 3.02. The molecule has 17 heavy (non-hydrogen) atoms. The van der Waals surface area contributed by atoms with Gasteiger partial charge in [0, 0.05) is 5.54 Å². The molecule has 2 aliphatic heterocycles. The van der Waals surface area contributed by atoms with Gasteiger partial charge in [0.1, 0.15) is 0 Å². The van der Waals surface area contributed by atoms with Crippen LogP contribution in [0.25, 0.3) is 0 Å². The topological polar surface area (TPSA) is 46.2 Å². The Balaban J connectivity index is 1.91. The van der Waals surface area contributed by atoms with Crippen LogP contribution in [0.2, 0.25) is 0 Å². The van der Waals surface area contributed by atoms with Gasteiger partial charge in [-0.05, 0) is 51.5 Å². The van der Waals surface area contributed by atoms with Crippen LogP contribution in [-0.2, 0) is 9.84 Å². The molecular formula is C13H25NO2S. The molecule has 0 spiro atoms. The van der Waals surface area contributed by atoms with Gasteiger partial charge in [0.05, 0.1) is 11.0 Å². The third-order valence-corrected chi connectivity index (χ3v) is 7.01. The number of nitrogens with one attached hydrogen (secondary N) is 1. The predicted molar refractivity (Wildman–Crippen MR) is 70.9 cm³/mol. The van der Waals surface area contributed by atoms with Crippen LogP contribution in [0.1, 0.15) is 58.3 Å². The number of hydrogen-bond acceptors (Lipinski definition) is 3. The summed E-state index contributed by atoms with van der Waals surface area (Å²) in [6.45, 7) is 3.33. The van der Waals surface area contributed by atoms with Gasteiger partial charge in [-0.1, -0.05) is 13.3 Å². The number of sulfone groups is 1. The second-order valence-electron chi connectivity index (χ2n) is 5.69. The van der Waals surface area contributed by atoms with Crippen LogP contribution in [-0.4, -0.2) is 31.5 Å². The molecule has 0 aromatic rings. The molecule has 2 heterocycles. The van der Waals surface area contributed by atoms with Crippen LogP contribution in [0.4, 0.5) is 0 Å². The summed E-state index contributed by atoms with van der Waals surface area (Å²) in [4.78, 5) is 0. The van der Waals surface area contributed by atoms with E-state index < -0.39 is 9.84 Å². The molecule has 2 fully saturated rings. The summed E-state index contributed by atoms with van der Waals surface area (Å²) in [7, 11) is -2.75. The first-order chi connectivity index (χ1) is 8.08. The smallest absolute Gasteiger partial charge is 0.153 e. The van der Waals surface area contributed by atoms with Crippen molar-refractivity contribution in [2.75, 3.05) is 12.3 Å². The SMILES string of the molecule is CCC1(CCC2CCCS2(=O)=O)CCCCN1. The molecule has 3 nitrogen and oxygen atoms in total. The lowest BCUT2D eigenvalue weighted by molar-refractivity contribution is 0.223. The maximum atomic E-state index is 11.8. The molecule has 0 bridgehead atoms. The third-order valence-electron chi connectivity index (χ3n) is 4.67. The van der Waals surface area contributed by atoms with Gasteiger partial charge >= 0.3 is 0 Å². The zero-order chi connectivity index (χ0) is 12.4. The molecule has 1 N–H and O–H groups in total. The highest BCUT2D eigenvalue weighted by Gasteiger charge is 2.35. The fourth-order valence-electron chi connectivity index (χ4n) is 3.34. The monoisotopic (exact) mass is 259 g/mol. The Hall–Kier alpha value is -0.0900. The first-order valence-electron chi connectivity index (χ1n) is 7.05. The number of rotatable bonds is 4. The largest absolute Gasteiger partial charge is 0.311 e. The van der Waals surface area contributed by atoms with E-state index >= 15 is 0 Å². The van der Waals surface area contributed by atoms with E-state index in [1.54, 1.807) is 0 Å². The second-order valence-corrected chi connectivity index (χ2v) is 8.09. The van der Waals surface area contributed by atoms with Crippen molar-refractivity contribution in [3.63, 3.8) is 0 Å². The fraction of sp³-hybridized carbons (Fsp3) is 1.00. The minimum absolute atomic E-state index is 0.0466. The van der Waals surface area contributed by atoms with Crippen LogP contribution in [0.5, 0.6) is 0 Å².